The molecule has 3 heterocycles. The lowest BCUT2D eigenvalue weighted by molar-refractivity contribution is 0.390. The summed E-state index contributed by atoms with van der Waals surface area (Å²) in [7, 11) is -3.81. The molecule has 0 spiro atoms. The smallest absolute Gasteiger partial charge is 0.267 e. The molecule has 0 atom stereocenters. The van der Waals surface area contributed by atoms with E-state index in [0.717, 1.165) is 21.4 Å². The molecule has 3 aromatic heterocycles. The highest BCUT2D eigenvalue weighted by molar-refractivity contribution is 9.10. The number of hydrogen-bond donors (Lipinski definition) is 2. The van der Waals surface area contributed by atoms with E-state index < -0.39 is 10.0 Å². The number of benzene rings is 2. The Balaban J connectivity index is 1.37. The number of aromatic nitrogens is 4. The topological polar surface area (TPSA) is 114 Å². The SMILES string of the molecule is Cc1noc(C)c1S(=O)(=O)Nc1ccc(CNc2cc(-c3ccccc3Cl)nc3c(Br)cnn23)cc1. The zero-order valence-electron chi connectivity index (χ0n) is 19.2. The Morgan fingerprint density at radius 2 is 1.86 bits per heavy atom. The Labute approximate surface area is 220 Å². The number of nitrogens with one attached hydrogen (secondary N) is 2. The van der Waals surface area contributed by atoms with Gasteiger partial charge in [-0.25, -0.2) is 13.4 Å². The third-order valence-electron chi connectivity index (χ3n) is 5.49. The molecule has 2 aromatic carbocycles. The van der Waals surface area contributed by atoms with Gasteiger partial charge < -0.3 is 9.84 Å². The molecule has 0 unspecified atom stereocenters. The number of hydrogen-bond acceptors (Lipinski definition) is 7. The molecule has 0 aliphatic rings. The van der Waals surface area contributed by atoms with Crippen molar-refractivity contribution in [1.82, 2.24) is 19.8 Å². The van der Waals surface area contributed by atoms with Crippen LogP contribution in [0, 0.1) is 13.8 Å². The molecule has 184 valence electrons. The van der Waals surface area contributed by atoms with Gasteiger partial charge in [-0.15, -0.1) is 0 Å². The third kappa shape index (κ3) is 4.69. The quantitative estimate of drug-likeness (QED) is 0.246. The molecular formula is C24H20BrClN6O3S. The second kappa shape index (κ2) is 9.57. The van der Waals surface area contributed by atoms with Gasteiger partial charge in [-0.05, 0) is 53.5 Å². The average Bonchev–Trinajstić information content (AvgIpc) is 3.40. The van der Waals surface area contributed by atoms with Crippen molar-refractivity contribution in [3.05, 3.63) is 87.3 Å². The first kappa shape index (κ1) is 24.3. The average molecular weight is 588 g/mol. The number of sulfonamides is 1. The van der Waals surface area contributed by atoms with Gasteiger partial charge >= 0.3 is 0 Å². The predicted molar refractivity (Wildman–Crippen MR) is 142 cm³/mol. The van der Waals surface area contributed by atoms with Crippen molar-refractivity contribution in [2.75, 3.05) is 10.0 Å². The van der Waals surface area contributed by atoms with Gasteiger partial charge in [0, 0.05) is 28.9 Å². The summed E-state index contributed by atoms with van der Waals surface area (Å²) in [6.45, 7) is 3.62. The molecule has 0 fully saturated rings. The Kier molecular flexibility index (Phi) is 6.45. The van der Waals surface area contributed by atoms with E-state index in [1.807, 2.05) is 42.5 Å². The van der Waals surface area contributed by atoms with Crippen LogP contribution in [0.4, 0.5) is 11.5 Å². The van der Waals surface area contributed by atoms with Crippen LogP contribution in [0.1, 0.15) is 17.0 Å². The van der Waals surface area contributed by atoms with Crippen molar-refractivity contribution in [1.29, 1.82) is 0 Å². The molecule has 0 saturated heterocycles. The highest BCUT2D eigenvalue weighted by Crippen LogP contribution is 2.30. The largest absolute Gasteiger partial charge is 0.366 e. The van der Waals surface area contributed by atoms with Crippen LogP contribution in [0.15, 0.2) is 74.7 Å². The number of nitrogens with zero attached hydrogens (tertiary/aromatic N) is 4. The summed E-state index contributed by atoms with van der Waals surface area (Å²) >= 11 is 9.91. The van der Waals surface area contributed by atoms with Crippen molar-refractivity contribution in [2.24, 2.45) is 0 Å². The summed E-state index contributed by atoms with van der Waals surface area (Å²) in [5.74, 6) is 0.967. The molecule has 0 amide bonds. The summed E-state index contributed by atoms with van der Waals surface area (Å²) < 4.78 is 35.5. The first-order valence-electron chi connectivity index (χ1n) is 10.8. The molecule has 2 N–H and O–H groups in total. The normalized spacial score (nSPS) is 11.7. The molecule has 36 heavy (non-hydrogen) atoms. The fourth-order valence-corrected chi connectivity index (χ4v) is 5.79. The second-order valence-corrected chi connectivity index (χ2v) is 10.9. The minimum atomic E-state index is -3.81. The Morgan fingerprint density at radius 1 is 1.11 bits per heavy atom. The van der Waals surface area contributed by atoms with Gasteiger partial charge in [0.05, 0.1) is 16.4 Å². The molecule has 0 radical (unpaired) electrons. The van der Waals surface area contributed by atoms with Gasteiger partial charge in [0.2, 0.25) is 0 Å². The number of aryl methyl sites for hydroxylation is 2. The van der Waals surface area contributed by atoms with Crippen molar-refractivity contribution in [3.8, 4) is 11.3 Å². The summed E-state index contributed by atoms with van der Waals surface area (Å²) in [6, 6.07) is 16.5. The van der Waals surface area contributed by atoms with Gasteiger partial charge in [0.25, 0.3) is 10.0 Å². The van der Waals surface area contributed by atoms with Crippen molar-refractivity contribution in [3.63, 3.8) is 0 Å². The number of halogens is 2. The fourth-order valence-electron chi connectivity index (χ4n) is 3.82. The van der Waals surface area contributed by atoms with E-state index in [2.05, 4.69) is 36.2 Å². The van der Waals surface area contributed by atoms with Crippen molar-refractivity contribution < 1.29 is 12.9 Å². The first-order chi connectivity index (χ1) is 17.2. The van der Waals surface area contributed by atoms with Crippen LogP contribution in [-0.2, 0) is 16.6 Å². The molecule has 12 heteroatoms. The van der Waals surface area contributed by atoms with E-state index in [9.17, 15) is 8.42 Å². The second-order valence-electron chi connectivity index (χ2n) is 8.04. The van der Waals surface area contributed by atoms with Gasteiger partial charge in [-0.2, -0.15) is 9.61 Å². The van der Waals surface area contributed by atoms with Crippen LogP contribution in [-0.4, -0.2) is 28.2 Å². The fraction of sp³-hybridized carbons (Fsp3) is 0.125. The Morgan fingerprint density at radius 3 is 2.56 bits per heavy atom. The maximum atomic E-state index is 12.7. The van der Waals surface area contributed by atoms with E-state index >= 15 is 0 Å². The van der Waals surface area contributed by atoms with Gasteiger partial charge in [0.15, 0.2) is 16.3 Å². The number of rotatable bonds is 7. The van der Waals surface area contributed by atoms with Crippen LogP contribution in [0.5, 0.6) is 0 Å². The van der Waals surface area contributed by atoms with Gasteiger partial charge in [-0.1, -0.05) is 47.1 Å². The van der Waals surface area contributed by atoms with Crippen molar-refractivity contribution in [2.45, 2.75) is 25.3 Å². The van der Waals surface area contributed by atoms with Gasteiger partial charge in [-0.3, -0.25) is 4.72 Å². The monoisotopic (exact) mass is 586 g/mol. The molecule has 0 aliphatic carbocycles. The standard InChI is InChI=1S/C24H20BrClN6O3S/c1-14-23(15(2)35-30-14)36(33,34)31-17-9-7-16(8-10-17)12-27-22-11-21(18-5-3-4-6-20(18)26)29-24-19(25)13-28-32(22)24/h3-11,13,27,31H,12H2,1-2H3. The lowest BCUT2D eigenvalue weighted by Gasteiger charge is -2.12. The first-order valence-corrected chi connectivity index (χ1v) is 13.5. The molecular weight excluding hydrogens is 568 g/mol. The summed E-state index contributed by atoms with van der Waals surface area (Å²) in [6.07, 6.45) is 1.68. The molecule has 0 bridgehead atoms. The lowest BCUT2D eigenvalue weighted by atomic mass is 10.1. The summed E-state index contributed by atoms with van der Waals surface area (Å²) in [4.78, 5) is 4.76. The highest BCUT2D eigenvalue weighted by Gasteiger charge is 2.24. The Hall–Kier alpha value is -3.41. The lowest BCUT2D eigenvalue weighted by Crippen LogP contribution is -2.14. The predicted octanol–water partition coefficient (Wildman–Crippen LogP) is 5.83. The highest BCUT2D eigenvalue weighted by atomic mass is 79.9. The zero-order chi connectivity index (χ0) is 25.4. The van der Waals surface area contributed by atoms with Crippen LogP contribution < -0.4 is 10.0 Å². The van der Waals surface area contributed by atoms with Crippen molar-refractivity contribution >= 4 is 54.7 Å². The van der Waals surface area contributed by atoms with E-state index in [-0.39, 0.29) is 10.7 Å². The van der Waals surface area contributed by atoms with Gasteiger partial charge in [0.1, 0.15) is 11.5 Å². The third-order valence-corrected chi connectivity index (χ3v) is 8.01. The zero-order valence-corrected chi connectivity index (χ0v) is 22.3. The minimum absolute atomic E-state index is 0.0506. The van der Waals surface area contributed by atoms with E-state index in [1.54, 1.807) is 36.7 Å². The van der Waals surface area contributed by atoms with Crippen LogP contribution >= 0.6 is 27.5 Å². The molecule has 0 saturated carbocycles. The minimum Gasteiger partial charge on any atom is -0.366 e. The molecule has 5 rings (SSSR count). The van der Waals surface area contributed by atoms with E-state index in [4.69, 9.17) is 21.1 Å². The maximum Gasteiger partial charge on any atom is 0.267 e. The Bertz CT molecular complexity index is 1660. The molecule has 0 aliphatic heterocycles. The number of anilines is 2. The van der Waals surface area contributed by atoms with Crippen LogP contribution in [0.2, 0.25) is 5.02 Å². The molecule has 9 nitrogen and oxygen atoms in total. The number of fused-ring (bicyclic) bond motifs is 1. The summed E-state index contributed by atoms with van der Waals surface area (Å²) in [5, 5.41) is 12.1. The maximum absolute atomic E-state index is 12.7. The van der Waals surface area contributed by atoms with E-state index in [1.165, 1.54) is 0 Å². The molecule has 5 aromatic rings. The van der Waals surface area contributed by atoms with E-state index in [0.29, 0.717) is 34.3 Å². The summed E-state index contributed by atoms with van der Waals surface area (Å²) in [5.41, 5.74) is 3.85. The van der Waals surface area contributed by atoms with Crippen LogP contribution in [0.3, 0.4) is 0 Å². The van der Waals surface area contributed by atoms with Crippen LogP contribution in [0.25, 0.3) is 16.9 Å².